The molecule has 0 atom stereocenters. The van der Waals surface area contributed by atoms with Crippen molar-refractivity contribution in [2.24, 2.45) is 0 Å². The molecule has 0 bridgehead atoms. The molecule has 0 fully saturated rings. The van der Waals surface area contributed by atoms with E-state index in [0.29, 0.717) is 12.8 Å². The SMILES string of the molecule is CCCCCCc1nnn(CC(F)(F)C(F)(F)C(F)(F)C(F)(F)C(F)(F)C(F)(F)C(F)(F)F)n1. The molecule has 0 aromatic carbocycles. The molecular formula is C15H15F15N4. The number of unbranched alkanes of at least 4 members (excludes halogenated alkanes) is 3. The maximum Gasteiger partial charge on any atom is 0.460 e. The number of hydrogen-bond acceptors (Lipinski definition) is 3. The predicted octanol–water partition coefficient (Wildman–Crippen LogP) is 6.17. The van der Waals surface area contributed by atoms with E-state index in [9.17, 15) is 65.9 Å². The first kappa shape index (κ1) is 30.1. The maximum atomic E-state index is 13.8. The summed E-state index contributed by atoms with van der Waals surface area (Å²) in [5.41, 5.74) is 0. The summed E-state index contributed by atoms with van der Waals surface area (Å²) < 4.78 is 197. The van der Waals surface area contributed by atoms with E-state index in [1.54, 1.807) is 0 Å². The molecule has 4 nitrogen and oxygen atoms in total. The summed E-state index contributed by atoms with van der Waals surface area (Å²) in [6.07, 6.45) is -5.27. The fourth-order valence-electron chi connectivity index (χ4n) is 2.43. The third-order valence-corrected chi connectivity index (χ3v) is 4.48. The van der Waals surface area contributed by atoms with Gasteiger partial charge in [-0.15, -0.1) is 10.2 Å². The highest BCUT2D eigenvalue weighted by Crippen LogP contribution is 2.62. The van der Waals surface area contributed by atoms with Crippen LogP contribution in [0.5, 0.6) is 0 Å². The molecule has 0 N–H and O–H groups in total. The maximum absolute atomic E-state index is 13.8. The Morgan fingerprint density at radius 2 is 1.09 bits per heavy atom. The number of alkyl halides is 15. The molecule has 1 aromatic rings. The van der Waals surface area contributed by atoms with Gasteiger partial charge in [0.05, 0.1) is 0 Å². The van der Waals surface area contributed by atoms with Crippen LogP contribution < -0.4 is 0 Å². The van der Waals surface area contributed by atoms with Crippen LogP contribution in [0.2, 0.25) is 0 Å². The van der Waals surface area contributed by atoms with Gasteiger partial charge < -0.3 is 0 Å². The molecule has 0 spiro atoms. The molecular weight excluding hydrogens is 521 g/mol. The first-order valence-electron chi connectivity index (χ1n) is 9.11. The van der Waals surface area contributed by atoms with Crippen molar-refractivity contribution in [3.05, 3.63) is 5.82 Å². The summed E-state index contributed by atoms with van der Waals surface area (Å²) in [5.74, 6) is -47.1. The number of aryl methyl sites for hydroxylation is 1. The second-order valence-electron chi connectivity index (χ2n) is 7.12. The quantitative estimate of drug-likeness (QED) is 0.237. The van der Waals surface area contributed by atoms with Crippen molar-refractivity contribution in [3.63, 3.8) is 0 Å². The third kappa shape index (κ3) is 4.87. The lowest BCUT2D eigenvalue weighted by molar-refractivity contribution is -0.453. The van der Waals surface area contributed by atoms with Crippen LogP contribution in [-0.2, 0) is 13.0 Å². The Labute approximate surface area is 180 Å². The molecule has 0 radical (unpaired) electrons. The minimum Gasteiger partial charge on any atom is -0.197 e. The summed E-state index contributed by atoms with van der Waals surface area (Å²) in [6, 6.07) is 0. The zero-order valence-electron chi connectivity index (χ0n) is 16.7. The van der Waals surface area contributed by atoms with Gasteiger partial charge in [-0.05, 0) is 11.6 Å². The Hall–Kier alpha value is -1.98. The van der Waals surface area contributed by atoms with Gasteiger partial charge in [0.1, 0.15) is 6.54 Å². The molecule has 0 unspecified atom stereocenters. The van der Waals surface area contributed by atoms with Crippen LogP contribution in [0.15, 0.2) is 0 Å². The van der Waals surface area contributed by atoms with Gasteiger partial charge in [0.2, 0.25) is 0 Å². The Kier molecular flexibility index (Phi) is 8.16. The Bertz CT molecular complexity index is 815. The number of halogens is 15. The fraction of sp³-hybridized carbons (Fsp3) is 0.933. The van der Waals surface area contributed by atoms with Crippen molar-refractivity contribution in [3.8, 4) is 0 Å². The van der Waals surface area contributed by atoms with E-state index in [1.807, 2.05) is 6.92 Å². The van der Waals surface area contributed by atoms with Crippen LogP contribution in [0, 0.1) is 0 Å². The lowest BCUT2D eigenvalue weighted by Crippen LogP contribution is -2.72. The highest BCUT2D eigenvalue weighted by atomic mass is 19.4. The van der Waals surface area contributed by atoms with Crippen molar-refractivity contribution in [2.45, 2.75) is 87.3 Å². The lowest BCUT2D eigenvalue weighted by atomic mass is 9.91. The highest BCUT2D eigenvalue weighted by molar-refractivity contribution is 5.12. The first-order valence-corrected chi connectivity index (χ1v) is 9.11. The van der Waals surface area contributed by atoms with Gasteiger partial charge in [-0.2, -0.15) is 70.7 Å². The molecule has 0 saturated carbocycles. The van der Waals surface area contributed by atoms with Crippen LogP contribution in [0.4, 0.5) is 65.9 Å². The van der Waals surface area contributed by atoms with Crippen molar-refractivity contribution in [1.82, 2.24) is 20.2 Å². The van der Waals surface area contributed by atoms with E-state index in [-0.39, 0.29) is 12.2 Å². The monoisotopic (exact) mass is 536 g/mol. The molecule has 1 rings (SSSR count). The highest BCUT2D eigenvalue weighted by Gasteiger charge is 2.93. The Morgan fingerprint density at radius 3 is 1.56 bits per heavy atom. The van der Waals surface area contributed by atoms with Gasteiger partial charge in [0, 0.05) is 6.42 Å². The average molecular weight is 536 g/mol. The van der Waals surface area contributed by atoms with E-state index in [2.05, 4.69) is 15.4 Å². The van der Waals surface area contributed by atoms with E-state index >= 15 is 0 Å². The van der Waals surface area contributed by atoms with Gasteiger partial charge in [-0.3, -0.25) is 0 Å². The Balaban J connectivity index is 3.26. The molecule has 34 heavy (non-hydrogen) atoms. The number of rotatable bonds is 12. The molecule has 200 valence electrons. The normalized spacial score (nSPS) is 15.2. The summed E-state index contributed by atoms with van der Waals surface area (Å²) in [6.45, 7) is -0.953. The fourth-order valence-corrected chi connectivity index (χ4v) is 2.43. The number of nitrogens with zero attached hydrogens (tertiary/aromatic N) is 4. The smallest absolute Gasteiger partial charge is 0.197 e. The van der Waals surface area contributed by atoms with Crippen molar-refractivity contribution < 1.29 is 65.9 Å². The van der Waals surface area contributed by atoms with Gasteiger partial charge in [0.25, 0.3) is 0 Å². The van der Waals surface area contributed by atoms with Crippen molar-refractivity contribution >= 4 is 0 Å². The molecule has 0 amide bonds. The average Bonchev–Trinajstić information content (AvgIpc) is 3.10. The first-order chi connectivity index (χ1) is 15.0. The lowest BCUT2D eigenvalue weighted by Gasteiger charge is -2.41. The van der Waals surface area contributed by atoms with Crippen LogP contribution in [-0.4, -0.2) is 61.9 Å². The van der Waals surface area contributed by atoms with E-state index in [4.69, 9.17) is 0 Å². The molecule has 0 aliphatic rings. The van der Waals surface area contributed by atoms with Crippen LogP contribution in [0.3, 0.4) is 0 Å². The van der Waals surface area contributed by atoms with Gasteiger partial charge >= 0.3 is 41.7 Å². The number of hydrogen-bond donors (Lipinski definition) is 0. The predicted molar refractivity (Wildman–Crippen MR) is 81.4 cm³/mol. The summed E-state index contributed by atoms with van der Waals surface area (Å²) in [7, 11) is 0. The third-order valence-electron chi connectivity index (χ3n) is 4.48. The van der Waals surface area contributed by atoms with E-state index in [0.717, 1.165) is 12.8 Å². The number of tetrazole rings is 1. The van der Waals surface area contributed by atoms with E-state index in [1.165, 1.54) is 0 Å². The molecule has 0 aliphatic heterocycles. The molecule has 1 heterocycles. The van der Waals surface area contributed by atoms with Crippen molar-refractivity contribution in [2.75, 3.05) is 0 Å². The molecule has 0 saturated heterocycles. The molecule has 1 aromatic heterocycles. The van der Waals surface area contributed by atoms with E-state index < -0.39 is 53.1 Å². The van der Waals surface area contributed by atoms with Gasteiger partial charge in [-0.25, -0.2) is 0 Å². The van der Waals surface area contributed by atoms with Crippen LogP contribution in [0.1, 0.15) is 38.4 Å². The summed E-state index contributed by atoms with van der Waals surface area (Å²) in [5, 5.41) is 9.01. The number of aromatic nitrogens is 4. The standard InChI is InChI=1S/C15H15F15N4/c1-2-3-4-5-6-8-31-33-34(32-8)7-9(16,17)10(18,19)11(20,21)12(22,23)13(24,25)14(26,27)15(28,29)30/h2-7H2,1H3. The second kappa shape index (κ2) is 9.23. The second-order valence-corrected chi connectivity index (χ2v) is 7.12. The van der Waals surface area contributed by atoms with Gasteiger partial charge in [-0.1, -0.05) is 26.2 Å². The zero-order valence-corrected chi connectivity index (χ0v) is 16.7. The summed E-state index contributed by atoms with van der Waals surface area (Å²) in [4.78, 5) is -0.472. The Morgan fingerprint density at radius 1 is 0.618 bits per heavy atom. The molecule has 19 heteroatoms. The zero-order chi connectivity index (χ0) is 27.0. The minimum absolute atomic E-state index is 0.0606. The minimum atomic E-state index is -8.31. The van der Waals surface area contributed by atoms with Crippen molar-refractivity contribution in [1.29, 1.82) is 0 Å². The van der Waals surface area contributed by atoms with Crippen LogP contribution in [0.25, 0.3) is 0 Å². The molecule has 0 aliphatic carbocycles. The largest absolute Gasteiger partial charge is 0.460 e. The van der Waals surface area contributed by atoms with Crippen LogP contribution >= 0.6 is 0 Å². The van der Waals surface area contributed by atoms with Gasteiger partial charge in [0.15, 0.2) is 5.82 Å². The topological polar surface area (TPSA) is 43.6 Å². The summed E-state index contributed by atoms with van der Waals surface area (Å²) >= 11 is 0.